The van der Waals surface area contributed by atoms with Gasteiger partial charge in [0.25, 0.3) is 5.17 Å². The van der Waals surface area contributed by atoms with Crippen molar-refractivity contribution in [2.45, 2.75) is 19.0 Å². The van der Waals surface area contributed by atoms with Crippen LogP contribution in [0.1, 0.15) is 11.1 Å². The van der Waals surface area contributed by atoms with Gasteiger partial charge in [-0.1, -0.05) is 24.3 Å². The van der Waals surface area contributed by atoms with Crippen molar-refractivity contribution in [3.05, 3.63) is 35.4 Å². The van der Waals surface area contributed by atoms with Crippen LogP contribution >= 0.6 is 12.2 Å². The highest BCUT2D eigenvalue weighted by Crippen LogP contribution is 2.18. The second kappa shape index (κ2) is 4.66. The highest BCUT2D eigenvalue weighted by molar-refractivity contribution is 7.80. The first kappa shape index (κ1) is 11.6. The number of benzene rings is 1. The molecule has 0 radical (unpaired) electrons. The third-order valence-corrected chi connectivity index (χ3v) is 3.74. The molecular weight excluding hydrogens is 248 g/mol. The Labute approximate surface area is 111 Å². The molecule has 0 unspecified atom stereocenters. The highest BCUT2D eigenvalue weighted by atomic mass is 32.1. The fourth-order valence-corrected chi connectivity index (χ4v) is 2.68. The van der Waals surface area contributed by atoms with Gasteiger partial charge in [-0.15, -0.1) is 0 Å². The molecule has 1 aromatic rings. The van der Waals surface area contributed by atoms with Crippen molar-refractivity contribution < 1.29 is 9.53 Å². The zero-order valence-corrected chi connectivity index (χ0v) is 10.7. The zero-order chi connectivity index (χ0) is 12.5. The van der Waals surface area contributed by atoms with Crippen molar-refractivity contribution in [3.8, 4) is 0 Å². The van der Waals surface area contributed by atoms with Crippen LogP contribution in [-0.4, -0.2) is 35.2 Å². The number of rotatable bonds is 1. The topological polar surface area (TPSA) is 41.6 Å². The number of nitrogens with one attached hydrogen (secondary N) is 1. The van der Waals surface area contributed by atoms with Crippen molar-refractivity contribution in [1.29, 1.82) is 0 Å². The number of carbonyl (C=O) groups excluding carboxylic acids is 1. The number of hydrogen-bond acceptors (Lipinski definition) is 4. The van der Waals surface area contributed by atoms with Crippen LogP contribution in [0.15, 0.2) is 24.3 Å². The van der Waals surface area contributed by atoms with Crippen LogP contribution < -0.4 is 5.32 Å². The Hall–Kier alpha value is -1.46. The number of amides is 1. The van der Waals surface area contributed by atoms with Crippen LogP contribution in [0.4, 0.5) is 0 Å². The van der Waals surface area contributed by atoms with Crippen molar-refractivity contribution in [3.63, 3.8) is 0 Å². The van der Waals surface area contributed by atoms with Crippen LogP contribution in [0.25, 0.3) is 0 Å². The first-order chi connectivity index (χ1) is 8.75. The van der Waals surface area contributed by atoms with Crippen LogP contribution in [-0.2, 0) is 22.5 Å². The quantitative estimate of drug-likeness (QED) is 0.762. The largest absolute Gasteiger partial charge is 0.469 e. The van der Waals surface area contributed by atoms with Gasteiger partial charge in [-0.2, -0.15) is 0 Å². The Bertz CT molecular complexity index is 504. The number of nitrogens with zero attached hydrogens (tertiary/aromatic N) is 1. The van der Waals surface area contributed by atoms with Crippen molar-refractivity contribution in [2.75, 3.05) is 13.2 Å². The van der Waals surface area contributed by atoms with E-state index in [1.165, 1.54) is 11.1 Å². The maximum Gasteiger partial charge on any atom is 0.266 e. The summed E-state index contributed by atoms with van der Waals surface area (Å²) in [4.78, 5) is 13.9. The molecule has 1 fully saturated rings. The fraction of sp³-hybridized carbons (Fsp3) is 0.385. The summed E-state index contributed by atoms with van der Waals surface area (Å²) in [5, 5.41) is 3.57. The summed E-state index contributed by atoms with van der Waals surface area (Å²) in [5.41, 5.74) is 2.50. The summed E-state index contributed by atoms with van der Waals surface area (Å²) in [6.45, 7) is 1.80. The maximum atomic E-state index is 12.3. The number of hydrogen-bond donors (Lipinski definition) is 1. The average Bonchev–Trinajstić information content (AvgIpc) is 2.83. The average molecular weight is 262 g/mol. The van der Waals surface area contributed by atoms with Gasteiger partial charge in [-0.3, -0.25) is 9.69 Å². The molecule has 1 saturated heterocycles. The fourth-order valence-electron chi connectivity index (χ4n) is 2.41. The smallest absolute Gasteiger partial charge is 0.266 e. The van der Waals surface area contributed by atoms with Crippen LogP contribution in [0, 0.1) is 0 Å². The van der Waals surface area contributed by atoms with Gasteiger partial charge in [0.2, 0.25) is 5.91 Å². The summed E-state index contributed by atoms with van der Waals surface area (Å²) < 4.78 is 5.16. The molecule has 2 heterocycles. The molecule has 1 aromatic carbocycles. The predicted octanol–water partition coefficient (Wildman–Crippen LogP) is 0.845. The lowest BCUT2D eigenvalue weighted by atomic mass is 9.95. The van der Waals surface area contributed by atoms with Crippen LogP contribution in [0.3, 0.4) is 0 Å². The van der Waals surface area contributed by atoms with E-state index in [0.717, 1.165) is 6.54 Å². The van der Waals surface area contributed by atoms with Gasteiger partial charge in [0.15, 0.2) is 0 Å². The van der Waals surface area contributed by atoms with Gasteiger partial charge in [0.1, 0.15) is 6.61 Å². The van der Waals surface area contributed by atoms with E-state index in [4.69, 9.17) is 17.0 Å². The van der Waals surface area contributed by atoms with Crippen LogP contribution in [0.5, 0.6) is 0 Å². The van der Waals surface area contributed by atoms with Gasteiger partial charge in [-0.05, 0) is 29.8 Å². The lowest BCUT2D eigenvalue weighted by molar-refractivity contribution is -0.129. The van der Waals surface area contributed by atoms with E-state index in [0.29, 0.717) is 24.7 Å². The second-order valence-electron chi connectivity index (χ2n) is 4.51. The summed E-state index contributed by atoms with van der Waals surface area (Å²) in [5.74, 6) is 0.0204. The minimum atomic E-state index is -0.195. The zero-order valence-electron chi connectivity index (χ0n) is 9.89. The molecular formula is C13H14N2O2S. The number of carbonyl (C=O) groups is 1. The molecule has 0 aromatic heterocycles. The maximum absolute atomic E-state index is 12.3. The number of fused-ring (bicyclic) bond motifs is 1. The van der Waals surface area contributed by atoms with Gasteiger partial charge >= 0.3 is 0 Å². The van der Waals surface area contributed by atoms with E-state index in [-0.39, 0.29) is 11.9 Å². The Morgan fingerprint density at radius 2 is 2.17 bits per heavy atom. The molecule has 0 bridgehead atoms. The highest BCUT2D eigenvalue weighted by Gasteiger charge is 2.32. The Kier molecular flexibility index (Phi) is 3.01. The molecule has 0 saturated carbocycles. The number of ether oxygens (including phenoxy) is 1. The van der Waals surface area contributed by atoms with E-state index in [1.807, 2.05) is 12.1 Å². The van der Waals surface area contributed by atoms with Crippen molar-refractivity contribution in [1.82, 2.24) is 10.2 Å². The molecule has 0 aliphatic carbocycles. The first-order valence-electron chi connectivity index (χ1n) is 6.04. The molecule has 1 atom stereocenters. The molecule has 94 valence electrons. The summed E-state index contributed by atoms with van der Waals surface area (Å²) in [6.07, 6.45) is 0.716. The lowest BCUT2D eigenvalue weighted by Crippen LogP contribution is -2.49. The standard InChI is InChI=1S/C13H14N2O2S/c16-12(15-5-6-17-13(15)18)11-7-9-3-1-2-4-10(9)8-14-11/h1-4,11,14H,5-8H2/t11-/m1/s1. The molecule has 2 aliphatic heterocycles. The van der Waals surface area contributed by atoms with Gasteiger partial charge in [-0.25, -0.2) is 0 Å². The number of thiocarbonyl (C=S) groups is 1. The van der Waals surface area contributed by atoms with Crippen LogP contribution in [0.2, 0.25) is 0 Å². The van der Waals surface area contributed by atoms with Gasteiger partial charge < -0.3 is 10.1 Å². The van der Waals surface area contributed by atoms with Gasteiger partial charge in [0, 0.05) is 6.54 Å². The molecule has 0 spiro atoms. The third kappa shape index (κ3) is 2.00. The van der Waals surface area contributed by atoms with E-state index < -0.39 is 0 Å². The van der Waals surface area contributed by atoms with Gasteiger partial charge in [0.05, 0.1) is 12.6 Å². The summed E-state index contributed by atoms with van der Waals surface area (Å²) in [7, 11) is 0. The minimum absolute atomic E-state index is 0.0204. The lowest BCUT2D eigenvalue weighted by Gasteiger charge is -2.27. The van der Waals surface area contributed by atoms with E-state index in [1.54, 1.807) is 4.90 Å². The van der Waals surface area contributed by atoms with E-state index in [2.05, 4.69) is 17.4 Å². The third-order valence-electron chi connectivity index (χ3n) is 3.41. The normalized spacial score (nSPS) is 22.6. The Morgan fingerprint density at radius 1 is 1.39 bits per heavy atom. The molecule has 1 amide bonds. The van der Waals surface area contributed by atoms with E-state index >= 15 is 0 Å². The van der Waals surface area contributed by atoms with Crippen molar-refractivity contribution in [2.24, 2.45) is 0 Å². The molecule has 4 nitrogen and oxygen atoms in total. The van der Waals surface area contributed by atoms with Crippen molar-refractivity contribution >= 4 is 23.3 Å². The monoisotopic (exact) mass is 262 g/mol. The minimum Gasteiger partial charge on any atom is -0.469 e. The predicted molar refractivity (Wildman–Crippen MR) is 71.0 cm³/mol. The molecule has 5 heteroatoms. The first-order valence-corrected chi connectivity index (χ1v) is 6.45. The molecule has 18 heavy (non-hydrogen) atoms. The molecule has 2 aliphatic rings. The SMILES string of the molecule is O=C([C@H]1Cc2ccccc2CN1)N1CCOC1=S. The Balaban J connectivity index is 1.76. The second-order valence-corrected chi connectivity index (χ2v) is 4.86. The Morgan fingerprint density at radius 3 is 2.89 bits per heavy atom. The molecule has 3 rings (SSSR count). The van der Waals surface area contributed by atoms with E-state index in [9.17, 15) is 4.79 Å². The summed E-state index contributed by atoms with van der Waals surface area (Å²) in [6, 6.07) is 8.00. The summed E-state index contributed by atoms with van der Waals surface area (Å²) >= 11 is 5.02. The molecule has 1 N–H and O–H groups in total.